The Labute approximate surface area is 393 Å². The van der Waals surface area contributed by atoms with Gasteiger partial charge in [-0.05, 0) is 145 Å². The topological polar surface area (TPSA) is 6.48 Å². The summed E-state index contributed by atoms with van der Waals surface area (Å²) in [5.74, 6) is 0. The van der Waals surface area contributed by atoms with Crippen molar-refractivity contribution in [3.05, 3.63) is 255 Å². The molecule has 0 saturated carbocycles. The minimum atomic E-state index is 1.09. The fraction of sp³-hybridized carbons (Fsp3) is 0. The highest BCUT2D eigenvalue weighted by Crippen LogP contribution is 2.46. The first-order chi connectivity index (χ1) is 33.2. The molecule has 0 radical (unpaired) electrons. The van der Waals surface area contributed by atoms with Gasteiger partial charge < -0.3 is 9.80 Å². The quantitative estimate of drug-likeness (QED) is 0.140. The molecule has 0 N–H and O–H groups in total. The minimum absolute atomic E-state index is 1.09. The molecule has 13 aromatic rings. The summed E-state index contributed by atoms with van der Waals surface area (Å²) in [6.07, 6.45) is 0. The van der Waals surface area contributed by atoms with Crippen LogP contribution in [0.25, 0.3) is 85.5 Å². The number of hydrogen-bond donors (Lipinski definition) is 0. The van der Waals surface area contributed by atoms with Gasteiger partial charge in [0, 0.05) is 54.0 Å². The molecule has 314 valence electrons. The fourth-order valence-corrected chi connectivity index (χ4v) is 11.4. The third kappa shape index (κ3) is 6.71. The number of fused-ring (bicyclic) bond motifs is 10. The van der Waals surface area contributed by atoms with Gasteiger partial charge in [-0.1, -0.05) is 170 Å². The van der Waals surface area contributed by atoms with Crippen LogP contribution in [-0.2, 0) is 0 Å². The zero-order valence-corrected chi connectivity index (χ0v) is 37.4. The SMILES string of the molecule is c1ccc(N(c2ccccc2)c2ccc(-c3ccc(N(c4ccc5c6ccccc6c6ccccc6c5c4)c4ccc(-c5ccc6sc7ccccc7c6c5)c5ccccc45)cc3)cc2)cc1. The van der Waals surface area contributed by atoms with Crippen LogP contribution in [0.4, 0.5) is 34.1 Å². The highest BCUT2D eigenvalue weighted by atomic mass is 32.1. The van der Waals surface area contributed by atoms with Crippen LogP contribution in [0.15, 0.2) is 255 Å². The maximum absolute atomic E-state index is 2.45. The summed E-state index contributed by atoms with van der Waals surface area (Å²) in [7, 11) is 0. The molecule has 0 aliphatic heterocycles. The lowest BCUT2D eigenvalue weighted by molar-refractivity contribution is 1.28. The Kier molecular flexibility index (Phi) is 9.40. The Bertz CT molecular complexity index is 3890. The predicted octanol–water partition coefficient (Wildman–Crippen LogP) is 18.9. The Morgan fingerprint density at radius 2 is 0.657 bits per heavy atom. The lowest BCUT2D eigenvalue weighted by Gasteiger charge is -2.28. The van der Waals surface area contributed by atoms with E-state index in [1.807, 2.05) is 11.3 Å². The van der Waals surface area contributed by atoms with Gasteiger partial charge in [-0.2, -0.15) is 0 Å². The summed E-state index contributed by atoms with van der Waals surface area (Å²) in [6.45, 7) is 0. The molecule has 0 amide bonds. The largest absolute Gasteiger partial charge is 0.311 e. The molecule has 1 heterocycles. The van der Waals surface area contributed by atoms with E-state index in [9.17, 15) is 0 Å². The molecule has 0 aliphatic carbocycles. The maximum Gasteiger partial charge on any atom is 0.0540 e. The fourth-order valence-electron chi connectivity index (χ4n) is 10.3. The zero-order valence-electron chi connectivity index (χ0n) is 36.6. The van der Waals surface area contributed by atoms with Crippen molar-refractivity contribution >= 4 is 109 Å². The predicted molar refractivity (Wildman–Crippen MR) is 290 cm³/mol. The maximum atomic E-state index is 2.45. The molecule has 0 fully saturated rings. The van der Waals surface area contributed by atoms with E-state index in [1.165, 1.54) is 74.4 Å². The molecule has 0 atom stereocenters. The number of nitrogens with zero attached hydrogens (tertiary/aromatic N) is 2. The van der Waals surface area contributed by atoms with E-state index in [4.69, 9.17) is 0 Å². The molecule has 0 unspecified atom stereocenters. The highest BCUT2D eigenvalue weighted by molar-refractivity contribution is 7.25. The highest BCUT2D eigenvalue weighted by Gasteiger charge is 2.20. The molecule has 2 nitrogen and oxygen atoms in total. The first-order valence-corrected chi connectivity index (χ1v) is 23.7. The lowest BCUT2D eigenvalue weighted by atomic mass is 9.93. The molecular weight excluding hydrogens is 829 g/mol. The van der Waals surface area contributed by atoms with Crippen LogP contribution in [0, 0.1) is 0 Å². The van der Waals surface area contributed by atoms with Crippen molar-refractivity contribution in [2.75, 3.05) is 9.80 Å². The second-order valence-electron chi connectivity index (χ2n) is 17.2. The number of rotatable bonds is 8. The van der Waals surface area contributed by atoms with Gasteiger partial charge >= 0.3 is 0 Å². The van der Waals surface area contributed by atoms with Crippen molar-refractivity contribution in [2.45, 2.75) is 0 Å². The average molecular weight is 871 g/mol. The lowest BCUT2D eigenvalue weighted by Crippen LogP contribution is -2.11. The third-order valence-electron chi connectivity index (χ3n) is 13.4. The summed E-state index contributed by atoms with van der Waals surface area (Å²) in [6, 6.07) is 93.2. The van der Waals surface area contributed by atoms with E-state index >= 15 is 0 Å². The van der Waals surface area contributed by atoms with E-state index in [2.05, 4.69) is 265 Å². The number of thiophene rings is 1. The number of para-hydroxylation sites is 2. The Morgan fingerprint density at radius 1 is 0.224 bits per heavy atom. The molecular formula is C64H42N2S. The van der Waals surface area contributed by atoms with Crippen molar-refractivity contribution in [1.29, 1.82) is 0 Å². The first-order valence-electron chi connectivity index (χ1n) is 22.9. The van der Waals surface area contributed by atoms with Crippen LogP contribution < -0.4 is 9.80 Å². The van der Waals surface area contributed by atoms with Crippen molar-refractivity contribution in [3.63, 3.8) is 0 Å². The van der Waals surface area contributed by atoms with E-state index in [-0.39, 0.29) is 0 Å². The number of anilines is 6. The van der Waals surface area contributed by atoms with Crippen LogP contribution in [0.5, 0.6) is 0 Å². The molecule has 13 rings (SSSR count). The molecule has 0 saturated heterocycles. The van der Waals surface area contributed by atoms with Crippen molar-refractivity contribution in [2.24, 2.45) is 0 Å². The molecule has 3 heteroatoms. The standard InChI is InChI=1S/C64H42N2S/c1-3-15-46(16-4-1)65(47-17-5-2-6-18-47)48-32-27-43(28-33-48)44-29-34-49(35-30-44)66(50-36-37-57-55-22-8-7-20-53(55)54-21-9-10-23-56(54)60(57)42-50)62-39-38-51(52-19-11-12-24-58(52)62)45-31-40-64-61(41-45)59-25-13-14-26-63(59)67-64/h1-42H. The van der Waals surface area contributed by atoms with Crippen LogP contribution in [-0.4, -0.2) is 0 Å². The smallest absolute Gasteiger partial charge is 0.0540 e. The van der Waals surface area contributed by atoms with Crippen LogP contribution in [0.3, 0.4) is 0 Å². The van der Waals surface area contributed by atoms with Crippen LogP contribution >= 0.6 is 11.3 Å². The average Bonchev–Trinajstić information content (AvgIpc) is 3.78. The number of hydrogen-bond acceptors (Lipinski definition) is 3. The second kappa shape index (κ2) is 16.2. The van der Waals surface area contributed by atoms with Gasteiger partial charge in [-0.15, -0.1) is 11.3 Å². The Balaban J connectivity index is 0.953. The van der Waals surface area contributed by atoms with Crippen molar-refractivity contribution < 1.29 is 0 Å². The molecule has 67 heavy (non-hydrogen) atoms. The van der Waals surface area contributed by atoms with Crippen molar-refractivity contribution in [3.8, 4) is 22.3 Å². The van der Waals surface area contributed by atoms with Gasteiger partial charge in [0.2, 0.25) is 0 Å². The minimum Gasteiger partial charge on any atom is -0.311 e. The Hall–Kier alpha value is -8.50. The van der Waals surface area contributed by atoms with E-state index < -0.39 is 0 Å². The third-order valence-corrected chi connectivity index (χ3v) is 14.6. The van der Waals surface area contributed by atoms with E-state index in [1.54, 1.807) is 0 Å². The summed E-state index contributed by atoms with van der Waals surface area (Å²) in [5, 5.41) is 12.6. The van der Waals surface area contributed by atoms with Crippen LogP contribution in [0.2, 0.25) is 0 Å². The summed E-state index contributed by atoms with van der Waals surface area (Å²) in [4.78, 5) is 4.76. The van der Waals surface area contributed by atoms with Gasteiger partial charge in [0.15, 0.2) is 0 Å². The first kappa shape index (κ1) is 38.9. The van der Waals surface area contributed by atoms with Gasteiger partial charge in [-0.3, -0.25) is 0 Å². The summed E-state index contributed by atoms with van der Waals surface area (Å²) < 4.78 is 2.64. The summed E-state index contributed by atoms with van der Waals surface area (Å²) >= 11 is 1.86. The molecule has 0 bridgehead atoms. The monoisotopic (exact) mass is 870 g/mol. The molecule has 0 spiro atoms. The van der Waals surface area contributed by atoms with Gasteiger partial charge in [0.25, 0.3) is 0 Å². The second-order valence-corrected chi connectivity index (χ2v) is 18.3. The molecule has 12 aromatic carbocycles. The van der Waals surface area contributed by atoms with E-state index in [0.717, 1.165) is 45.3 Å². The zero-order chi connectivity index (χ0) is 44.3. The molecule has 0 aliphatic rings. The number of benzene rings is 12. The van der Waals surface area contributed by atoms with Gasteiger partial charge in [0.1, 0.15) is 0 Å². The summed E-state index contributed by atoms with van der Waals surface area (Å²) in [5.41, 5.74) is 11.5. The van der Waals surface area contributed by atoms with Gasteiger partial charge in [0.05, 0.1) is 5.69 Å². The van der Waals surface area contributed by atoms with Gasteiger partial charge in [-0.25, -0.2) is 0 Å². The molecule has 1 aromatic heterocycles. The Morgan fingerprint density at radius 3 is 1.27 bits per heavy atom. The van der Waals surface area contributed by atoms with E-state index in [0.29, 0.717) is 0 Å². The normalized spacial score (nSPS) is 11.6. The van der Waals surface area contributed by atoms with Crippen molar-refractivity contribution in [1.82, 2.24) is 0 Å². The van der Waals surface area contributed by atoms with Crippen LogP contribution in [0.1, 0.15) is 0 Å².